The van der Waals surface area contributed by atoms with E-state index in [1.807, 2.05) is 19.1 Å². The highest BCUT2D eigenvalue weighted by Crippen LogP contribution is 2.49. The normalized spacial score (nSPS) is 27.1. The second kappa shape index (κ2) is 3.62. The second-order valence-corrected chi connectivity index (χ2v) is 4.02. The zero-order valence-electron chi connectivity index (χ0n) is 8.60. The molecule has 0 bridgehead atoms. The minimum Gasteiger partial charge on any atom is -0.497 e. The third kappa shape index (κ3) is 1.75. The van der Waals surface area contributed by atoms with Gasteiger partial charge in [-0.3, -0.25) is 0 Å². The summed E-state index contributed by atoms with van der Waals surface area (Å²) in [4.78, 5) is 0. The molecular formula is C12H16O2. The van der Waals surface area contributed by atoms with Crippen LogP contribution in [-0.4, -0.2) is 18.3 Å². The van der Waals surface area contributed by atoms with Gasteiger partial charge in [-0.15, -0.1) is 0 Å². The fraction of sp³-hybridized carbons (Fsp3) is 0.500. The molecule has 1 saturated carbocycles. The maximum absolute atomic E-state index is 9.42. The Balaban J connectivity index is 2.11. The van der Waals surface area contributed by atoms with Crippen molar-refractivity contribution in [3.8, 4) is 5.75 Å². The van der Waals surface area contributed by atoms with Crippen LogP contribution in [0.4, 0.5) is 0 Å². The smallest absolute Gasteiger partial charge is 0.119 e. The van der Waals surface area contributed by atoms with E-state index in [9.17, 15) is 5.11 Å². The van der Waals surface area contributed by atoms with Crippen LogP contribution in [0.1, 0.15) is 24.8 Å². The van der Waals surface area contributed by atoms with E-state index < -0.39 is 0 Å². The molecule has 0 heterocycles. The Hall–Kier alpha value is -1.02. The fourth-order valence-electron chi connectivity index (χ4n) is 2.00. The lowest BCUT2D eigenvalue weighted by Gasteiger charge is -2.05. The molecule has 2 nitrogen and oxygen atoms in total. The summed E-state index contributed by atoms with van der Waals surface area (Å²) in [5.74, 6) is 1.88. The number of hydrogen-bond acceptors (Lipinski definition) is 2. The Morgan fingerprint density at radius 1 is 1.50 bits per heavy atom. The Kier molecular flexibility index (Phi) is 2.46. The topological polar surface area (TPSA) is 29.5 Å². The minimum absolute atomic E-state index is 0.189. The van der Waals surface area contributed by atoms with Crippen LogP contribution in [0.3, 0.4) is 0 Å². The molecule has 0 unspecified atom stereocenters. The second-order valence-electron chi connectivity index (χ2n) is 4.02. The van der Waals surface area contributed by atoms with E-state index in [1.54, 1.807) is 7.11 Å². The summed E-state index contributed by atoms with van der Waals surface area (Å²) < 4.78 is 5.17. The van der Waals surface area contributed by atoms with Crippen LogP contribution >= 0.6 is 0 Å². The van der Waals surface area contributed by atoms with Crippen molar-refractivity contribution in [3.05, 3.63) is 29.8 Å². The van der Waals surface area contributed by atoms with Crippen molar-refractivity contribution in [2.75, 3.05) is 7.11 Å². The molecule has 14 heavy (non-hydrogen) atoms. The first-order valence-electron chi connectivity index (χ1n) is 5.04. The van der Waals surface area contributed by atoms with E-state index in [1.165, 1.54) is 5.56 Å². The highest BCUT2D eigenvalue weighted by atomic mass is 16.5. The average molecular weight is 192 g/mol. The van der Waals surface area contributed by atoms with Gasteiger partial charge in [0.1, 0.15) is 5.75 Å². The van der Waals surface area contributed by atoms with Gasteiger partial charge in [0, 0.05) is 0 Å². The molecule has 1 aliphatic carbocycles. The lowest BCUT2D eigenvalue weighted by atomic mass is 10.1. The first-order chi connectivity index (χ1) is 6.72. The zero-order valence-corrected chi connectivity index (χ0v) is 8.60. The molecule has 0 spiro atoms. The number of ether oxygens (including phenoxy) is 1. The summed E-state index contributed by atoms with van der Waals surface area (Å²) in [6.45, 7) is 1.87. The Morgan fingerprint density at radius 3 is 2.86 bits per heavy atom. The van der Waals surface area contributed by atoms with E-state index in [4.69, 9.17) is 4.74 Å². The van der Waals surface area contributed by atoms with Crippen molar-refractivity contribution in [3.63, 3.8) is 0 Å². The van der Waals surface area contributed by atoms with Crippen molar-refractivity contribution in [2.45, 2.75) is 25.4 Å². The van der Waals surface area contributed by atoms with Crippen LogP contribution in [0.15, 0.2) is 24.3 Å². The third-order valence-corrected chi connectivity index (χ3v) is 2.98. The zero-order chi connectivity index (χ0) is 10.1. The van der Waals surface area contributed by atoms with Crippen LogP contribution in [0.2, 0.25) is 0 Å². The largest absolute Gasteiger partial charge is 0.497 e. The summed E-state index contributed by atoms with van der Waals surface area (Å²) in [5, 5.41) is 9.42. The van der Waals surface area contributed by atoms with Crippen molar-refractivity contribution in [1.29, 1.82) is 0 Å². The van der Waals surface area contributed by atoms with Crippen molar-refractivity contribution < 1.29 is 9.84 Å². The van der Waals surface area contributed by atoms with E-state index in [2.05, 4.69) is 12.1 Å². The predicted molar refractivity (Wildman–Crippen MR) is 55.5 cm³/mol. The molecular weight excluding hydrogens is 176 g/mol. The number of rotatable bonds is 3. The molecule has 1 N–H and O–H groups in total. The maximum atomic E-state index is 9.42. The number of aliphatic hydroxyl groups is 1. The van der Waals surface area contributed by atoms with E-state index in [0.717, 1.165) is 12.2 Å². The number of hydrogen-bond donors (Lipinski definition) is 1. The van der Waals surface area contributed by atoms with E-state index >= 15 is 0 Å². The van der Waals surface area contributed by atoms with Gasteiger partial charge in [0.05, 0.1) is 13.2 Å². The Bertz CT molecular complexity index is 320. The van der Waals surface area contributed by atoms with Gasteiger partial charge in [-0.05, 0) is 42.9 Å². The summed E-state index contributed by atoms with van der Waals surface area (Å²) in [5.41, 5.74) is 1.29. The van der Waals surface area contributed by atoms with E-state index in [0.29, 0.717) is 11.8 Å². The number of benzene rings is 1. The molecule has 0 aromatic heterocycles. The lowest BCUT2D eigenvalue weighted by molar-refractivity contribution is 0.169. The molecule has 1 fully saturated rings. The van der Waals surface area contributed by atoms with Gasteiger partial charge in [0.2, 0.25) is 0 Å². The summed E-state index contributed by atoms with van der Waals surface area (Å²) in [6.07, 6.45) is 0.913. The minimum atomic E-state index is -0.189. The molecule has 2 rings (SSSR count). The molecule has 0 amide bonds. The molecule has 0 saturated heterocycles. The van der Waals surface area contributed by atoms with Crippen molar-refractivity contribution in [2.24, 2.45) is 5.92 Å². The van der Waals surface area contributed by atoms with Gasteiger partial charge in [0.15, 0.2) is 0 Å². The summed E-state index contributed by atoms with van der Waals surface area (Å²) in [6, 6.07) is 8.12. The van der Waals surface area contributed by atoms with Crippen LogP contribution < -0.4 is 4.74 Å². The Labute approximate surface area is 84.5 Å². The molecule has 0 aliphatic heterocycles. The van der Waals surface area contributed by atoms with Gasteiger partial charge >= 0.3 is 0 Å². The SMILES string of the molecule is COc1cccc([C@@H]2C[C@H]2[C@H](C)O)c1. The van der Waals surface area contributed by atoms with Crippen molar-refractivity contribution in [1.82, 2.24) is 0 Å². The third-order valence-electron chi connectivity index (χ3n) is 2.98. The van der Waals surface area contributed by atoms with Crippen molar-refractivity contribution >= 4 is 0 Å². The first-order valence-corrected chi connectivity index (χ1v) is 5.04. The fourth-order valence-corrected chi connectivity index (χ4v) is 2.00. The predicted octanol–water partition coefficient (Wildman–Crippen LogP) is 2.18. The maximum Gasteiger partial charge on any atom is 0.119 e. The van der Waals surface area contributed by atoms with Gasteiger partial charge in [-0.1, -0.05) is 12.1 Å². The molecule has 0 radical (unpaired) electrons. The first kappa shape index (κ1) is 9.53. The molecule has 2 heteroatoms. The standard InChI is InChI=1S/C12H16O2/c1-8(13)11-7-12(11)9-4-3-5-10(6-9)14-2/h3-6,8,11-13H,7H2,1-2H3/t8-,11-,12-/m0/s1. The van der Waals surface area contributed by atoms with Gasteiger partial charge in [0.25, 0.3) is 0 Å². The van der Waals surface area contributed by atoms with Crippen LogP contribution in [0, 0.1) is 5.92 Å². The summed E-state index contributed by atoms with van der Waals surface area (Å²) >= 11 is 0. The lowest BCUT2D eigenvalue weighted by Crippen LogP contribution is -2.03. The highest BCUT2D eigenvalue weighted by Gasteiger charge is 2.41. The molecule has 1 aromatic rings. The number of aliphatic hydroxyl groups excluding tert-OH is 1. The molecule has 1 aromatic carbocycles. The monoisotopic (exact) mass is 192 g/mol. The highest BCUT2D eigenvalue weighted by molar-refractivity contribution is 5.34. The van der Waals surface area contributed by atoms with Crippen LogP contribution in [0.25, 0.3) is 0 Å². The summed E-state index contributed by atoms with van der Waals surface area (Å²) in [7, 11) is 1.68. The quantitative estimate of drug-likeness (QED) is 0.795. The van der Waals surface area contributed by atoms with Crippen LogP contribution in [-0.2, 0) is 0 Å². The average Bonchev–Trinajstić information content (AvgIpc) is 2.97. The van der Waals surface area contributed by atoms with E-state index in [-0.39, 0.29) is 6.10 Å². The van der Waals surface area contributed by atoms with Crippen LogP contribution in [0.5, 0.6) is 5.75 Å². The molecule has 76 valence electrons. The Morgan fingerprint density at radius 2 is 2.29 bits per heavy atom. The van der Waals surface area contributed by atoms with Gasteiger partial charge in [-0.25, -0.2) is 0 Å². The van der Waals surface area contributed by atoms with Gasteiger partial charge in [-0.2, -0.15) is 0 Å². The molecule has 1 aliphatic rings. The number of methoxy groups -OCH3 is 1. The molecule has 3 atom stereocenters. The van der Waals surface area contributed by atoms with Gasteiger partial charge < -0.3 is 9.84 Å².